The predicted octanol–water partition coefficient (Wildman–Crippen LogP) is 4.54. The third-order valence-electron chi connectivity index (χ3n) is 4.78. The van der Waals surface area contributed by atoms with E-state index in [2.05, 4.69) is 72.1 Å². The Morgan fingerprint density at radius 1 is 1.05 bits per heavy atom. The molecule has 2 aromatic carbocycles. The van der Waals surface area contributed by atoms with Crippen LogP contribution in [0.25, 0.3) is 0 Å². The van der Waals surface area contributed by atoms with E-state index in [1.807, 2.05) is 0 Å². The molecular weight excluding hydrogens is 274 g/mol. The summed E-state index contributed by atoms with van der Waals surface area (Å²) in [5, 5.41) is 0.691. The van der Waals surface area contributed by atoms with Gasteiger partial charge in [0.25, 0.3) is 0 Å². The van der Waals surface area contributed by atoms with E-state index in [0.717, 1.165) is 6.54 Å². The van der Waals surface area contributed by atoms with E-state index in [1.165, 1.54) is 41.0 Å². The molecule has 108 valence electrons. The second kappa shape index (κ2) is 5.42. The first kappa shape index (κ1) is 13.3. The third kappa shape index (κ3) is 2.46. The summed E-state index contributed by atoms with van der Waals surface area (Å²) >= 11 is 2.06. The van der Waals surface area contributed by atoms with Crippen LogP contribution >= 0.6 is 11.8 Å². The number of rotatable bonds is 2. The standard InChI is InChI=1S/C19H21NS/c1-14-10-11-15-6-2-4-8-18(15)20(14)13-17-12-16-7-3-5-9-19(16)21-17/h2-9,14,17H,10-13H2,1H3. The van der Waals surface area contributed by atoms with Gasteiger partial charge in [-0.25, -0.2) is 0 Å². The topological polar surface area (TPSA) is 3.24 Å². The highest BCUT2D eigenvalue weighted by molar-refractivity contribution is 8.00. The van der Waals surface area contributed by atoms with Crippen molar-refractivity contribution >= 4 is 17.4 Å². The average Bonchev–Trinajstić information content (AvgIpc) is 2.92. The Morgan fingerprint density at radius 3 is 2.67 bits per heavy atom. The number of thioether (sulfide) groups is 1. The highest BCUT2D eigenvalue weighted by atomic mass is 32.2. The highest BCUT2D eigenvalue weighted by Gasteiger charge is 2.28. The van der Waals surface area contributed by atoms with Crippen LogP contribution in [0.4, 0.5) is 5.69 Å². The Morgan fingerprint density at radius 2 is 1.81 bits per heavy atom. The first-order valence-electron chi connectivity index (χ1n) is 7.90. The van der Waals surface area contributed by atoms with Gasteiger partial charge in [-0.1, -0.05) is 36.4 Å². The van der Waals surface area contributed by atoms with Gasteiger partial charge in [-0.3, -0.25) is 0 Å². The van der Waals surface area contributed by atoms with Crippen LogP contribution in [-0.4, -0.2) is 17.8 Å². The van der Waals surface area contributed by atoms with Crippen molar-refractivity contribution in [3.63, 3.8) is 0 Å². The summed E-state index contributed by atoms with van der Waals surface area (Å²) in [6, 6.07) is 18.5. The molecule has 21 heavy (non-hydrogen) atoms. The summed E-state index contributed by atoms with van der Waals surface area (Å²) in [5.74, 6) is 0. The highest BCUT2D eigenvalue weighted by Crippen LogP contribution is 2.39. The van der Waals surface area contributed by atoms with Crippen LogP contribution in [0, 0.1) is 0 Å². The predicted molar refractivity (Wildman–Crippen MR) is 91.4 cm³/mol. The third-order valence-corrected chi connectivity index (χ3v) is 6.08. The lowest BCUT2D eigenvalue weighted by molar-refractivity contribution is 0.556. The van der Waals surface area contributed by atoms with Crippen LogP contribution in [0.5, 0.6) is 0 Å². The van der Waals surface area contributed by atoms with E-state index >= 15 is 0 Å². The second-order valence-corrected chi connectivity index (χ2v) is 7.56. The Hall–Kier alpha value is -1.41. The number of benzene rings is 2. The van der Waals surface area contributed by atoms with Crippen LogP contribution in [-0.2, 0) is 12.8 Å². The fraction of sp³-hybridized carbons (Fsp3) is 0.368. The summed E-state index contributed by atoms with van der Waals surface area (Å²) < 4.78 is 0. The van der Waals surface area contributed by atoms with Gasteiger partial charge < -0.3 is 4.90 Å². The maximum absolute atomic E-state index is 2.64. The largest absolute Gasteiger partial charge is 0.367 e. The van der Waals surface area contributed by atoms with Gasteiger partial charge in [0, 0.05) is 28.4 Å². The molecule has 2 heteroatoms. The molecule has 2 heterocycles. The van der Waals surface area contributed by atoms with E-state index in [1.54, 1.807) is 0 Å². The maximum atomic E-state index is 2.64. The van der Waals surface area contributed by atoms with Crippen LogP contribution in [0.1, 0.15) is 24.5 Å². The van der Waals surface area contributed by atoms with Gasteiger partial charge in [0.2, 0.25) is 0 Å². The molecule has 0 spiro atoms. The smallest absolute Gasteiger partial charge is 0.0401 e. The molecular formula is C19H21NS. The second-order valence-electron chi connectivity index (χ2n) is 6.22. The van der Waals surface area contributed by atoms with E-state index in [-0.39, 0.29) is 0 Å². The number of aryl methyl sites for hydroxylation is 1. The average molecular weight is 295 g/mol. The van der Waals surface area contributed by atoms with E-state index < -0.39 is 0 Å². The molecule has 0 bridgehead atoms. The van der Waals surface area contributed by atoms with Crippen molar-refractivity contribution < 1.29 is 0 Å². The van der Waals surface area contributed by atoms with Crippen LogP contribution in [0.15, 0.2) is 53.4 Å². The molecule has 0 radical (unpaired) electrons. The number of anilines is 1. The molecule has 0 fully saturated rings. The normalized spacial score (nSPS) is 23.8. The zero-order valence-electron chi connectivity index (χ0n) is 12.5. The van der Waals surface area contributed by atoms with Crippen molar-refractivity contribution in [3.8, 4) is 0 Å². The SMILES string of the molecule is CC1CCc2ccccc2N1CC1Cc2ccccc2S1. The van der Waals surface area contributed by atoms with Gasteiger partial charge in [0.15, 0.2) is 0 Å². The molecule has 0 aromatic heterocycles. The fourth-order valence-electron chi connectivity index (χ4n) is 3.61. The lowest BCUT2D eigenvalue weighted by atomic mass is 9.96. The molecule has 0 saturated heterocycles. The fourth-order valence-corrected chi connectivity index (χ4v) is 4.93. The molecule has 2 aliphatic rings. The molecule has 2 unspecified atom stereocenters. The molecule has 0 amide bonds. The van der Waals surface area contributed by atoms with Gasteiger partial charge in [-0.15, -0.1) is 11.8 Å². The minimum Gasteiger partial charge on any atom is -0.367 e. The van der Waals surface area contributed by atoms with E-state index in [4.69, 9.17) is 0 Å². The number of hydrogen-bond donors (Lipinski definition) is 0. The monoisotopic (exact) mass is 295 g/mol. The summed E-state index contributed by atoms with van der Waals surface area (Å²) in [4.78, 5) is 4.13. The van der Waals surface area contributed by atoms with Crippen molar-refractivity contribution in [2.24, 2.45) is 0 Å². The van der Waals surface area contributed by atoms with Gasteiger partial charge in [0.05, 0.1) is 0 Å². The van der Waals surface area contributed by atoms with Crippen LogP contribution in [0.3, 0.4) is 0 Å². The summed E-state index contributed by atoms with van der Waals surface area (Å²) in [5.41, 5.74) is 4.52. The molecule has 0 aliphatic carbocycles. The number of nitrogens with zero attached hydrogens (tertiary/aromatic N) is 1. The number of fused-ring (bicyclic) bond motifs is 2. The Labute approximate surface area is 131 Å². The van der Waals surface area contributed by atoms with Crippen LogP contribution in [0.2, 0.25) is 0 Å². The first-order chi connectivity index (χ1) is 10.3. The minimum atomic E-state index is 0.657. The van der Waals surface area contributed by atoms with Gasteiger partial charge in [-0.05, 0) is 49.4 Å². The van der Waals surface area contributed by atoms with E-state index in [0.29, 0.717) is 11.3 Å². The number of para-hydroxylation sites is 1. The molecule has 2 aromatic rings. The molecule has 0 saturated carbocycles. The summed E-state index contributed by atoms with van der Waals surface area (Å²) in [6.07, 6.45) is 3.72. The Kier molecular flexibility index (Phi) is 3.42. The lowest BCUT2D eigenvalue weighted by Gasteiger charge is -2.38. The maximum Gasteiger partial charge on any atom is 0.0401 e. The molecule has 4 rings (SSSR count). The Balaban J connectivity index is 1.56. The summed E-state index contributed by atoms with van der Waals surface area (Å²) in [7, 11) is 0. The van der Waals surface area contributed by atoms with Crippen LogP contribution < -0.4 is 4.90 Å². The Bertz CT molecular complexity index is 627. The molecule has 2 atom stereocenters. The van der Waals surface area contributed by atoms with Crippen molar-refractivity contribution in [2.75, 3.05) is 11.4 Å². The first-order valence-corrected chi connectivity index (χ1v) is 8.78. The number of hydrogen-bond acceptors (Lipinski definition) is 2. The molecule has 1 nitrogen and oxygen atoms in total. The lowest BCUT2D eigenvalue weighted by Crippen LogP contribution is -2.41. The molecule has 0 N–H and O–H groups in total. The van der Waals surface area contributed by atoms with Crippen molar-refractivity contribution in [2.45, 2.75) is 42.4 Å². The minimum absolute atomic E-state index is 0.657. The van der Waals surface area contributed by atoms with Crippen molar-refractivity contribution in [3.05, 3.63) is 59.7 Å². The quantitative estimate of drug-likeness (QED) is 0.800. The molecule has 2 aliphatic heterocycles. The van der Waals surface area contributed by atoms with Crippen molar-refractivity contribution in [1.29, 1.82) is 0 Å². The van der Waals surface area contributed by atoms with Gasteiger partial charge in [0.1, 0.15) is 0 Å². The van der Waals surface area contributed by atoms with Gasteiger partial charge in [-0.2, -0.15) is 0 Å². The summed E-state index contributed by atoms with van der Waals surface area (Å²) in [6.45, 7) is 3.54. The zero-order chi connectivity index (χ0) is 14.2. The van der Waals surface area contributed by atoms with Crippen molar-refractivity contribution in [1.82, 2.24) is 0 Å². The van der Waals surface area contributed by atoms with Gasteiger partial charge >= 0.3 is 0 Å². The zero-order valence-corrected chi connectivity index (χ0v) is 13.3. The van der Waals surface area contributed by atoms with E-state index in [9.17, 15) is 0 Å².